The molecule has 6 nitrogen and oxygen atoms in total. The Morgan fingerprint density at radius 1 is 1.25 bits per heavy atom. The van der Waals surface area contributed by atoms with Crippen molar-refractivity contribution in [3.05, 3.63) is 59.9 Å². The number of nitrogens with two attached hydrogens (primary N) is 1. The van der Waals surface area contributed by atoms with Crippen LogP contribution in [-0.2, 0) is 5.79 Å². The molecule has 28 heavy (non-hydrogen) atoms. The van der Waals surface area contributed by atoms with Gasteiger partial charge >= 0.3 is 0 Å². The second-order valence-electron chi connectivity index (χ2n) is 7.34. The van der Waals surface area contributed by atoms with E-state index in [1.807, 2.05) is 24.3 Å². The quantitative estimate of drug-likeness (QED) is 0.803. The van der Waals surface area contributed by atoms with E-state index in [0.29, 0.717) is 18.3 Å². The van der Waals surface area contributed by atoms with E-state index in [1.54, 1.807) is 18.2 Å². The first-order chi connectivity index (χ1) is 13.5. The fourth-order valence-corrected chi connectivity index (χ4v) is 3.71. The molecule has 148 valence electrons. The maximum Gasteiger partial charge on any atom is 0.207 e. The number of nitrogens with zero attached hydrogens (tertiary/aromatic N) is 3. The topological polar surface area (TPSA) is 66.1 Å². The van der Waals surface area contributed by atoms with Gasteiger partial charge in [-0.05, 0) is 50.6 Å². The van der Waals surface area contributed by atoms with Crippen molar-refractivity contribution < 1.29 is 9.13 Å². The van der Waals surface area contributed by atoms with Crippen LogP contribution in [0.25, 0.3) is 0 Å². The van der Waals surface area contributed by atoms with Crippen molar-refractivity contribution in [2.24, 2.45) is 10.7 Å². The maximum absolute atomic E-state index is 14.0. The molecule has 7 heteroatoms. The van der Waals surface area contributed by atoms with Gasteiger partial charge in [0.15, 0.2) is 0 Å². The maximum atomic E-state index is 14.0. The van der Waals surface area contributed by atoms with Gasteiger partial charge in [0.1, 0.15) is 24.5 Å². The molecule has 2 aliphatic rings. The van der Waals surface area contributed by atoms with Gasteiger partial charge in [0.25, 0.3) is 0 Å². The average Bonchev–Trinajstić information content (AvgIpc) is 3.29. The third-order valence-electron chi connectivity index (χ3n) is 5.41. The van der Waals surface area contributed by atoms with Crippen LogP contribution in [-0.4, -0.2) is 37.0 Å². The van der Waals surface area contributed by atoms with Crippen LogP contribution in [0.5, 0.6) is 5.75 Å². The molecule has 2 aromatic rings. The number of halogens is 1. The monoisotopic (exact) mass is 383 g/mol. The van der Waals surface area contributed by atoms with Crippen molar-refractivity contribution in [2.75, 3.05) is 24.7 Å². The first-order valence-electron chi connectivity index (χ1n) is 9.68. The minimum Gasteiger partial charge on any atom is -0.492 e. The predicted molar refractivity (Wildman–Crippen MR) is 109 cm³/mol. The van der Waals surface area contributed by atoms with Gasteiger partial charge < -0.3 is 4.74 Å². The largest absolute Gasteiger partial charge is 0.492 e. The number of aliphatic imine (C=N–C) groups is 1. The Morgan fingerprint density at radius 3 is 2.75 bits per heavy atom. The summed E-state index contributed by atoms with van der Waals surface area (Å²) in [5, 5.41) is 1.50. The zero-order valence-electron chi connectivity index (χ0n) is 16.0. The summed E-state index contributed by atoms with van der Waals surface area (Å²) in [5.74, 6) is -0.694. The SMILES string of the molecule is CC1CCCN1CCOc1ccc(C2(N)N=CN(c3ccccc3F)N2)cc1. The highest BCUT2D eigenvalue weighted by Crippen LogP contribution is 2.27. The minimum absolute atomic E-state index is 0.346. The summed E-state index contributed by atoms with van der Waals surface area (Å²) in [6.07, 6.45) is 4.04. The van der Waals surface area contributed by atoms with Crippen molar-refractivity contribution in [2.45, 2.75) is 31.6 Å². The minimum atomic E-state index is -1.15. The zero-order valence-corrected chi connectivity index (χ0v) is 16.0. The van der Waals surface area contributed by atoms with Crippen LogP contribution < -0.4 is 20.9 Å². The number of para-hydroxylation sites is 1. The summed E-state index contributed by atoms with van der Waals surface area (Å²) in [5.41, 5.74) is 10.6. The Kier molecular flexibility index (Phi) is 5.30. The molecule has 0 aromatic heterocycles. The molecule has 2 aromatic carbocycles. The number of hydrogen-bond acceptors (Lipinski definition) is 6. The van der Waals surface area contributed by atoms with E-state index in [0.717, 1.165) is 24.4 Å². The molecule has 0 radical (unpaired) electrons. The fraction of sp³-hybridized carbons (Fsp3) is 0.381. The van der Waals surface area contributed by atoms with E-state index in [2.05, 4.69) is 22.2 Å². The van der Waals surface area contributed by atoms with Crippen LogP contribution in [0.3, 0.4) is 0 Å². The molecule has 2 aliphatic heterocycles. The number of hydrazine groups is 1. The van der Waals surface area contributed by atoms with Gasteiger partial charge in [0.2, 0.25) is 5.79 Å². The molecular weight excluding hydrogens is 357 g/mol. The molecule has 3 N–H and O–H groups in total. The molecule has 2 heterocycles. The molecule has 0 spiro atoms. The van der Waals surface area contributed by atoms with Gasteiger partial charge in [-0.1, -0.05) is 24.3 Å². The summed E-state index contributed by atoms with van der Waals surface area (Å²) in [7, 11) is 0. The number of rotatable bonds is 6. The molecule has 0 aliphatic carbocycles. The van der Waals surface area contributed by atoms with Gasteiger partial charge in [-0.3, -0.25) is 15.6 Å². The van der Waals surface area contributed by atoms with Crippen LogP contribution in [0.15, 0.2) is 53.5 Å². The fourth-order valence-electron chi connectivity index (χ4n) is 3.71. The Hall–Kier alpha value is -2.48. The first kappa shape index (κ1) is 18.9. The third-order valence-corrected chi connectivity index (χ3v) is 5.41. The van der Waals surface area contributed by atoms with E-state index in [-0.39, 0.29) is 5.82 Å². The second kappa shape index (κ2) is 7.87. The summed E-state index contributed by atoms with van der Waals surface area (Å²) in [6.45, 7) is 5.02. The molecule has 0 amide bonds. The molecule has 1 saturated heterocycles. The van der Waals surface area contributed by atoms with Crippen LogP contribution in [0, 0.1) is 5.82 Å². The van der Waals surface area contributed by atoms with Gasteiger partial charge in [-0.25, -0.2) is 9.38 Å². The molecule has 2 unspecified atom stereocenters. The summed E-state index contributed by atoms with van der Waals surface area (Å²) in [4.78, 5) is 6.80. The van der Waals surface area contributed by atoms with Crippen LogP contribution in [0.4, 0.5) is 10.1 Å². The van der Waals surface area contributed by atoms with Gasteiger partial charge in [-0.2, -0.15) is 5.43 Å². The lowest BCUT2D eigenvalue weighted by Crippen LogP contribution is -2.51. The van der Waals surface area contributed by atoms with E-state index in [4.69, 9.17) is 10.5 Å². The van der Waals surface area contributed by atoms with Gasteiger partial charge in [-0.15, -0.1) is 0 Å². The van der Waals surface area contributed by atoms with Crippen molar-refractivity contribution in [3.8, 4) is 5.75 Å². The molecule has 1 fully saturated rings. The highest BCUT2D eigenvalue weighted by molar-refractivity contribution is 5.80. The number of nitrogens with one attached hydrogen (secondary N) is 1. The van der Waals surface area contributed by atoms with E-state index >= 15 is 0 Å². The molecule has 4 rings (SSSR count). The lowest BCUT2D eigenvalue weighted by atomic mass is 10.1. The predicted octanol–water partition coefficient (Wildman–Crippen LogP) is 2.81. The third kappa shape index (κ3) is 3.87. The summed E-state index contributed by atoms with van der Waals surface area (Å²) in [6, 6.07) is 14.7. The van der Waals surface area contributed by atoms with Crippen LogP contribution in [0.2, 0.25) is 0 Å². The lowest BCUT2D eigenvalue weighted by Gasteiger charge is -2.26. The molecular formula is C21H26FN5O. The standard InChI is InChI=1S/C21H26FN5O/c1-16-5-4-12-26(16)13-14-28-18-10-8-17(9-11-18)21(23)24-15-27(25-21)20-7-3-2-6-19(20)22/h2-3,6-11,15-16,25H,4-5,12-14,23H2,1H3. The van der Waals surface area contributed by atoms with E-state index in [1.165, 1.54) is 30.3 Å². The molecule has 2 atom stereocenters. The van der Waals surface area contributed by atoms with E-state index in [9.17, 15) is 4.39 Å². The normalized spacial score (nSPS) is 24.8. The van der Waals surface area contributed by atoms with E-state index < -0.39 is 5.79 Å². The van der Waals surface area contributed by atoms with Gasteiger partial charge in [0, 0.05) is 18.2 Å². The Morgan fingerprint density at radius 2 is 2.04 bits per heavy atom. The number of anilines is 1. The van der Waals surface area contributed by atoms with Gasteiger partial charge in [0.05, 0.1) is 5.69 Å². The van der Waals surface area contributed by atoms with Crippen molar-refractivity contribution in [1.82, 2.24) is 10.3 Å². The Labute approximate surface area is 164 Å². The van der Waals surface area contributed by atoms with Crippen molar-refractivity contribution in [3.63, 3.8) is 0 Å². The number of benzene rings is 2. The first-order valence-corrected chi connectivity index (χ1v) is 9.68. The highest BCUT2D eigenvalue weighted by Gasteiger charge is 2.33. The Balaban J connectivity index is 1.36. The second-order valence-corrected chi connectivity index (χ2v) is 7.34. The number of hydrogen-bond donors (Lipinski definition) is 2. The van der Waals surface area contributed by atoms with Crippen molar-refractivity contribution in [1.29, 1.82) is 0 Å². The Bertz CT molecular complexity index is 843. The summed E-state index contributed by atoms with van der Waals surface area (Å²) >= 11 is 0. The lowest BCUT2D eigenvalue weighted by molar-refractivity contribution is 0.204. The van der Waals surface area contributed by atoms with Crippen LogP contribution in [0.1, 0.15) is 25.3 Å². The van der Waals surface area contributed by atoms with Crippen molar-refractivity contribution >= 4 is 12.0 Å². The zero-order chi connectivity index (χ0) is 19.6. The number of ether oxygens (including phenoxy) is 1. The number of likely N-dealkylation sites (tertiary alicyclic amines) is 1. The summed E-state index contributed by atoms with van der Waals surface area (Å²) < 4.78 is 19.9. The highest BCUT2D eigenvalue weighted by atomic mass is 19.1. The smallest absolute Gasteiger partial charge is 0.207 e. The average molecular weight is 383 g/mol. The molecule has 0 saturated carbocycles. The van der Waals surface area contributed by atoms with Crippen LogP contribution >= 0.6 is 0 Å². The molecule has 0 bridgehead atoms.